The predicted octanol–water partition coefficient (Wildman–Crippen LogP) is 3.74. The number of carbonyl (C=O) groups is 2. The largest absolute Gasteiger partial charge is 0.306 e. The van der Waals surface area contributed by atoms with Gasteiger partial charge in [0.25, 0.3) is 5.91 Å². The molecule has 0 saturated heterocycles. The lowest BCUT2D eigenvalue weighted by Crippen LogP contribution is -2.51. The van der Waals surface area contributed by atoms with Crippen molar-refractivity contribution in [2.75, 3.05) is 16.3 Å². The average molecular weight is 329 g/mol. The van der Waals surface area contributed by atoms with Crippen molar-refractivity contribution in [3.05, 3.63) is 59.1 Å². The maximum Gasteiger partial charge on any atom is 0.258 e. The molecular weight excluding hydrogens is 312 g/mol. The SMILES string of the molecule is CC(=O)N1c2ccccc2N(C(=O)c2ccc(Cl)cc2)CC1C. The summed E-state index contributed by atoms with van der Waals surface area (Å²) < 4.78 is 0. The molecule has 1 aliphatic rings. The zero-order valence-electron chi connectivity index (χ0n) is 13.0. The lowest BCUT2D eigenvalue weighted by atomic mass is 10.1. The number of carbonyl (C=O) groups excluding carboxylic acids is 2. The number of benzene rings is 2. The first kappa shape index (κ1) is 15.6. The summed E-state index contributed by atoms with van der Waals surface area (Å²) >= 11 is 5.89. The maximum absolute atomic E-state index is 12.9. The second kappa shape index (κ2) is 6.05. The first-order chi connectivity index (χ1) is 11.0. The molecule has 23 heavy (non-hydrogen) atoms. The average Bonchev–Trinajstić information content (AvgIpc) is 2.53. The number of nitrogens with zero attached hydrogens (tertiary/aromatic N) is 2. The second-order valence-electron chi connectivity index (χ2n) is 5.65. The van der Waals surface area contributed by atoms with Crippen LogP contribution in [0.3, 0.4) is 0 Å². The Morgan fingerprint density at radius 1 is 1.04 bits per heavy atom. The molecule has 0 saturated carbocycles. The van der Waals surface area contributed by atoms with Crippen LogP contribution < -0.4 is 9.80 Å². The summed E-state index contributed by atoms with van der Waals surface area (Å²) in [5.41, 5.74) is 2.09. The van der Waals surface area contributed by atoms with E-state index >= 15 is 0 Å². The van der Waals surface area contributed by atoms with Gasteiger partial charge in [-0.25, -0.2) is 0 Å². The smallest absolute Gasteiger partial charge is 0.258 e. The van der Waals surface area contributed by atoms with Crippen molar-refractivity contribution in [2.45, 2.75) is 19.9 Å². The second-order valence-corrected chi connectivity index (χ2v) is 6.09. The molecule has 0 aliphatic carbocycles. The number of rotatable bonds is 1. The van der Waals surface area contributed by atoms with E-state index in [0.29, 0.717) is 17.1 Å². The molecule has 2 aromatic rings. The number of hydrogen-bond donors (Lipinski definition) is 0. The molecule has 1 aliphatic heterocycles. The van der Waals surface area contributed by atoms with Gasteiger partial charge in [0.05, 0.1) is 17.4 Å². The fourth-order valence-corrected chi connectivity index (χ4v) is 3.12. The highest BCUT2D eigenvalue weighted by Gasteiger charge is 2.33. The first-order valence-corrected chi connectivity index (χ1v) is 7.83. The Labute approximate surface area is 140 Å². The summed E-state index contributed by atoms with van der Waals surface area (Å²) in [7, 11) is 0. The molecule has 0 spiro atoms. The summed E-state index contributed by atoms with van der Waals surface area (Å²) in [6, 6.07) is 14.2. The zero-order chi connectivity index (χ0) is 16.6. The third-order valence-electron chi connectivity index (χ3n) is 4.00. The number of halogens is 1. The van der Waals surface area contributed by atoms with Gasteiger partial charge in [0.1, 0.15) is 0 Å². The fraction of sp³-hybridized carbons (Fsp3) is 0.222. The van der Waals surface area contributed by atoms with Crippen LogP contribution in [-0.4, -0.2) is 24.4 Å². The van der Waals surface area contributed by atoms with Crippen LogP contribution in [0.1, 0.15) is 24.2 Å². The number of para-hydroxylation sites is 2. The number of amides is 2. The van der Waals surface area contributed by atoms with Crippen molar-refractivity contribution in [3.63, 3.8) is 0 Å². The molecule has 2 aromatic carbocycles. The fourth-order valence-electron chi connectivity index (χ4n) is 3.00. The highest BCUT2D eigenvalue weighted by molar-refractivity contribution is 6.30. The van der Waals surface area contributed by atoms with Crippen molar-refractivity contribution >= 4 is 34.8 Å². The van der Waals surface area contributed by atoms with Crippen LogP contribution in [0.25, 0.3) is 0 Å². The Kier molecular flexibility index (Phi) is 4.09. The molecular formula is C18H17ClN2O2. The quantitative estimate of drug-likeness (QED) is 0.800. The zero-order valence-corrected chi connectivity index (χ0v) is 13.7. The van der Waals surface area contributed by atoms with Gasteiger partial charge in [-0.2, -0.15) is 0 Å². The van der Waals surface area contributed by atoms with Gasteiger partial charge in [0.15, 0.2) is 0 Å². The Morgan fingerprint density at radius 2 is 1.65 bits per heavy atom. The van der Waals surface area contributed by atoms with E-state index in [1.54, 1.807) is 41.0 Å². The minimum atomic E-state index is -0.0934. The van der Waals surface area contributed by atoms with Crippen molar-refractivity contribution in [3.8, 4) is 0 Å². The van der Waals surface area contributed by atoms with E-state index in [1.807, 2.05) is 31.2 Å². The van der Waals surface area contributed by atoms with Gasteiger partial charge in [0.2, 0.25) is 5.91 Å². The summed E-state index contributed by atoms with van der Waals surface area (Å²) in [6.07, 6.45) is 0. The molecule has 0 fully saturated rings. The van der Waals surface area contributed by atoms with E-state index in [1.165, 1.54) is 0 Å². The topological polar surface area (TPSA) is 40.6 Å². The van der Waals surface area contributed by atoms with Crippen LogP contribution in [0.2, 0.25) is 5.02 Å². The Hall–Kier alpha value is -2.33. The normalized spacial score (nSPS) is 16.9. The first-order valence-electron chi connectivity index (χ1n) is 7.45. The van der Waals surface area contributed by atoms with Crippen LogP contribution in [-0.2, 0) is 4.79 Å². The van der Waals surface area contributed by atoms with Gasteiger partial charge in [-0.15, -0.1) is 0 Å². The van der Waals surface area contributed by atoms with Crippen molar-refractivity contribution in [2.24, 2.45) is 0 Å². The monoisotopic (exact) mass is 328 g/mol. The van der Waals surface area contributed by atoms with Crippen LogP contribution in [0.4, 0.5) is 11.4 Å². The third kappa shape index (κ3) is 2.82. The van der Waals surface area contributed by atoms with Gasteiger partial charge in [-0.05, 0) is 43.3 Å². The van der Waals surface area contributed by atoms with E-state index in [9.17, 15) is 9.59 Å². The molecule has 3 rings (SSSR count). The minimum Gasteiger partial charge on any atom is -0.306 e. The molecule has 4 nitrogen and oxygen atoms in total. The minimum absolute atomic E-state index is 0.0245. The molecule has 1 atom stereocenters. The highest BCUT2D eigenvalue weighted by Crippen LogP contribution is 2.36. The van der Waals surface area contributed by atoms with E-state index in [0.717, 1.165) is 11.4 Å². The Bertz CT molecular complexity index is 758. The van der Waals surface area contributed by atoms with E-state index in [4.69, 9.17) is 11.6 Å². The van der Waals surface area contributed by atoms with Gasteiger partial charge in [0, 0.05) is 24.1 Å². The van der Waals surface area contributed by atoms with E-state index < -0.39 is 0 Å². The van der Waals surface area contributed by atoms with Gasteiger partial charge in [-0.1, -0.05) is 23.7 Å². The van der Waals surface area contributed by atoms with E-state index in [-0.39, 0.29) is 17.9 Å². The molecule has 0 aromatic heterocycles. The predicted molar refractivity (Wildman–Crippen MR) is 92.2 cm³/mol. The van der Waals surface area contributed by atoms with Crippen LogP contribution in [0.15, 0.2) is 48.5 Å². The van der Waals surface area contributed by atoms with Gasteiger partial charge in [-0.3, -0.25) is 9.59 Å². The maximum atomic E-state index is 12.9. The lowest BCUT2D eigenvalue weighted by Gasteiger charge is -2.40. The summed E-state index contributed by atoms with van der Waals surface area (Å²) in [4.78, 5) is 28.3. The summed E-state index contributed by atoms with van der Waals surface area (Å²) in [5.74, 6) is -0.118. The molecule has 1 heterocycles. The molecule has 0 bridgehead atoms. The van der Waals surface area contributed by atoms with Gasteiger partial charge >= 0.3 is 0 Å². The standard InChI is InChI=1S/C18H17ClN2O2/c1-12-11-20(18(23)14-7-9-15(19)10-8-14)16-5-3-4-6-17(16)21(12)13(2)22/h3-10,12H,11H2,1-2H3. The molecule has 0 N–H and O–H groups in total. The summed E-state index contributed by atoms with van der Waals surface area (Å²) in [6.45, 7) is 3.95. The Balaban J connectivity index is 2.03. The van der Waals surface area contributed by atoms with Crippen molar-refractivity contribution in [1.82, 2.24) is 0 Å². The molecule has 2 amide bonds. The number of anilines is 2. The summed E-state index contributed by atoms with van der Waals surface area (Å²) in [5, 5.41) is 0.594. The number of hydrogen-bond acceptors (Lipinski definition) is 2. The van der Waals surface area contributed by atoms with Crippen LogP contribution in [0, 0.1) is 0 Å². The van der Waals surface area contributed by atoms with E-state index in [2.05, 4.69) is 0 Å². The Morgan fingerprint density at radius 3 is 2.26 bits per heavy atom. The van der Waals surface area contributed by atoms with Crippen molar-refractivity contribution < 1.29 is 9.59 Å². The molecule has 118 valence electrons. The van der Waals surface area contributed by atoms with Crippen LogP contribution in [0.5, 0.6) is 0 Å². The molecule has 1 unspecified atom stereocenters. The third-order valence-corrected chi connectivity index (χ3v) is 4.25. The van der Waals surface area contributed by atoms with Gasteiger partial charge < -0.3 is 9.80 Å². The lowest BCUT2D eigenvalue weighted by molar-refractivity contribution is -0.117. The van der Waals surface area contributed by atoms with Crippen molar-refractivity contribution in [1.29, 1.82) is 0 Å². The number of fused-ring (bicyclic) bond motifs is 1. The molecule has 5 heteroatoms. The highest BCUT2D eigenvalue weighted by atomic mass is 35.5. The van der Waals surface area contributed by atoms with Crippen LogP contribution >= 0.6 is 11.6 Å². The molecule has 0 radical (unpaired) electrons.